The van der Waals surface area contributed by atoms with Crippen LogP contribution in [-0.4, -0.2) is 28.5 Å². The summed E-state index contributed by atoms with van der Waals surface area (Å²) >= 11 is 5.90. The minimum absolute atomic E-state index is 0.0941. The van der Waals surface area contributed by atoms with Crippen LogP contribution in [0.3, 0.4) is 0 Å². The minimum Gasteiger partial charge on any atom is -0.506 e. The van der Waals surface area contributed by atoms with E-state index in [0.717, 1.165) is 18.4 Å². The van der Waals surface area contributed by atoms with Gasteiger partial charge in [0, 0.05) is 18.2 Å². The quantitative estimate of drug-likeness (QED) is 0.871. The molecule has 0 spiro atoms. The van der Waals surface area contributed by atoms with Crippen LogP contribution in [0.4, 0.5) is 0 Å². The Labute approximate surface area is 118 Å². The Morgan fingerprint density at radius 3 is 2.74 bits per heavy atom. The second kappa shape index (κ2) is 6.26. The van der Waals surface area contributed by atoms with Crippen LogP contribution in [0.1, 0.15) is 31.2 Å². The molecule has 19 heavy (non-hydrogen) atoms. The molecule has 104 valence electrons. The van der Waals surface area contributed by atoms with Crippen molar-refractivity contribution in [2.24, 2.45) is 5.73 Å². The molecule has 2 rings (SSSR count). The maximum Gasteiger partial charge on any atom is 0.231 e. The minimum atomic E-state index is -0.339. The highest BCUT2D eigenvalue weighted by molar-refractivity contribution is 6.32. The number of nitrogens with two attached hydrogens (primary N) is 1. The molecule has 1 aliphatic carbocycles. The lowest BCUT2D eigenvalue weighted by molar-refractivity contribution is -0.119. The molecular weight excluding hydrogens is 264 g/mol. The van der Waals surface area contributed by atoms with E-state index in [0.29, 0.717) is 17.6 Å². The Balaban J connectivity index is 2.14. The van der Waals surface area contributed by atoms with Crippen molar-refractivity contribution >= 4 is 17.5 Å². The van der Waals surface area contributed by atoms with Gasteiger partial charge < -0.3 is 10.8 Å². The van der Waals surface area contributed by atoms with E-state index in [9.17, 15) is 9.90 Å². The van der Waals surface area contributed by atoms with Crippen molar-refractivity contribution in [3.8, 4) is 5.75 Å². The van der Waals surface area contributed by atoms with E-state index in [-0.39, 0.29) is 18.2 Å². The first kappa shape index (κ1) is 14.2. The number of primary amides is 1. The van der Waals surface area contributed by atoms with Crippen LogP contribution in [-0.2, 0) is 11.3 Å². The van der Waals surface area contributed by atoms with Gasteiger partial charge in [-0.25, -0.2) is 0 Å². The average Bonchev–Trinajstić information content (AvgIpc) is 2.87. The number of para-hydroxylation sites is 1. The van der Waals surface area contributed by atoms with E-state index in [1.165, 1.54) is 12.8 Å². The van der Waals surface area contributed by atoms with E-state index < -0.39 is 0 Å². The summed E-state index contributed by atoms with van der Waals surface area (Å²) < 4.78 is 0. The fourth-order valence-corrected chi connectivity index (χ4v) is 2.88. The lowest BCUT2D eigenvalue weighted by Crippen LogP contribution is -2.39. The summed E-state index contributed by atoms with van der Waals surface area (Å²) in [4.78, 5) is 13.2. The Kier molecular flexibility index (Phi) is 4.66. The largest absolute Gasteiger partial charge is 0.506 e. The van der Waals surface area contributed by atoms with E-state index >= 15 is 0 Å². The Bertz CT molecular complexity index is 459. The summed E-state index contributed by atoms with van der Waals surface area (Å²) in [6.07, 6.45) is 4.52. The summed E-state index contributed by atoms with van der Waals surface area (Å²) in [6.45, 7) is 0.719. The number of hydrogen-bond acceptors (Lipinski definition) is 3. The van der Waals surface area contributed by atoms with Crippen molar-refractivity contribution in [1.82, 2.24) is 4.90 Å². The van der Waals surface area contributed by atoms with Crippen molar-refractivity contribution in [1.29, 1.82) is 0 Å². The van der Waals surface area contributed by atoms with Crippen LogP contribution in [0.25, 0.3) is 0 Å². The number of amides is 1. The number of hydrogen-bond donors (Lipinski definition) is 2. The molecule has 1 saturated carbocycles. The van der Waals surface area contributed by atoms with Crippen LogP contribution in [0.15, 0.2) is 18.2 Å². The van der Waals surface area contributed by atoms with Crippen molar-refractivity contribution in [3.63, 3.8) is 0 Å². The molecule has 0 aliphatic heterocycles. The van der Waals surface area contributed by atoms with Gasteiger partial charge >= 0.3 is 0 Å². The fourth-order valence-electron chi connectivity index (χ4n) is 2.69. The molecule has 3 N–H and O–H groups in total. The third-order valence-electron chi connectivity index (χ3n) is 3.64. The monoisotopic (exact) mass is 282 g/mol. The van der Waals surface area contributed by atoms with E-state index in [4.69, 9.17) is 17.3 Å². The van der Waals surface area contributed by atoms with Gasteiger partial charge in [0.15, 0.2) is 0 Å². The maximum absolute atomic E-state index is 11.2. The van der Waals surface area contributed by atoms with Crippen LogP contribution >= 0.6 is 11.6 Å². The third-order valence-corrected chi connectivity index (χ3v) is 3.95. The predicted molar refractivity (Wildman–Crippen MR) is 75.0 cm³/mol. The van der Waals surface area contributed by atoms with Gasteiger partial charge in [0.2, 0.25) is 5.91 Å². The molecule has 0 radical (unpaired) electrons. The number of aromatic hydroxyl groups is 1. The molecule has 0 saturated heterocycles. The van der Waals surface area contributed by atoms with E-state index in [2.05, 4.69) is 0 Å². The molecule has 1 aromatic carbocycles. The number of carbonyl (C=O) groups excluding carboxylic acids is 1. The molecule has 1 aromatic rings. The Morgan fingerprint density at radius 2 is 2.11 bits per heavy atom. The first-order chi connectivity index (χ1) is 9.08. The standard InChI is InChI=1S/C14H19ClN2O2/c15-12-7-3-4-10(14(12)19)8-17(9-13(16)18)11-5-1-2-6-11/h3-4,7,11,19H,1-2,5-6,8-9H2,(H2,16,18). The molecule has 1 aliphatic rings. The summed E-state index contributed by atoms with van der Waals surface area (Å²) in [5.41, 5.74) is 6.05. The maximum atomic E-state index is 11.2. The zero-order valence-electron chi connectivity index (χ0n) is 10.8. The molecule has 0 bridgehead atoms. The third kappa shape index (κ3) is 3.61. The topological polar surface area (TPSA) is 66.6 Å². The number of carbonyl (C=O) groups is 1. The molecule has 0 unspecified atom stereocenters. The van der Waals surface area contributed by atoms with Crippen molar-refractivity contribution in [2.45, 2.75) is 38.3 Å². The van der Waals surface area contributed by atoms with Gasteiger partial charge in [-0.1, -0.05) is 36.6 Å². The highest BCUT2D eigenvalue weighted by Gasteiger charge is 2.24. The van der Waals surface area contributed by atoms with Gasteiger partial charge in [-0.2, -0.15) is 0 Å². The number of phenols is 1. The first-order valence-electron chi connectivity index (χ1n) is 6.56. The second-order valence-corrected chi connectivity index (χ2v) is 5.46. The van der Waals surface area contributed by atoms with E-state index in [1.807, 2.05) is 11.0 Å². The van der Waals surface area contributed by atoms with Gasteiger partial charge in [0.05, 0.1) is 11.6 Å². The molecule has 0 heterocycles. The summed E-state index contributed by atoms with van der Waals surface area (Å²) in [6, 6.07) is 5.64. The number of benzene rings is 1. The van der Waals surface area contributed by atoms with Crippen LogP contribution in [0, 0.1) is 0 Å². The van der Waals surface area contributed by atoms with Crippen LogP contribution in [0.2, 0.25) is 5.02 Å². The van der Waals surface area contributed by atoms with E-state index in [1.54, 1.807) is 12.1 Å². The van der Waals surface area contributed by atoms with Crippen LogP contribution < -0.4 is 5.73 Å². The average molecular weight is 283 g/mol. The molecule has 0 atom stereocenters. The van der Waals surface area contributed by atoms with Crippen molar-refractivity contribution < 1.29 is 9.90 Å². The highest BCUT2D eigenvalue weighted by atomic mass is 35.5. The SMILES string of the molecule is NC(=O)CN(Cc1cccc(Cl)c1O)C1CCCC1. The lowest BCUT2D eigenvalue weighted by atomic mass is 10.1. The number of nitrogens with zero attached hydrogens (tertiary/aromatic N) is 1. The fraction of sp³-hybridized carbons (Fsp3) is 0.500. The predicted octanol–water partition coefficient (Wildman–Crippen LogP) is 2.28. The molecule has 1 fully saturated rings. The molecule has 4 nitrogen and oxygen atoms in total. The van der Waals surface area contributed by atoms with Gasteiger partial charge in [-0.05, 0) is 18.9 Å². The highest BCUT2D eigenvalue weighted by Crippen LogP contribution is 2.30. The normalized spacial score (nSPS) is 16.1. The zero-order chi connectivity index (χ0) is 13.8. The molecular formula is C14H19ClN2O2. The van der Waals surface area contributed by atoms with Gasteiger partial charge in [-0.3, -0.25) is 9.69 Å². The second-order valence-electron chi connectivity index (χ2n) is 5.06. The van der Waals surface area contributed by atoms with Gasteiger partial charge in [0.1, 0.15) is 5.75 Å². The summed E-state index contributed by atoms with van der Waals surface area (Å²) in [7, 11) is 0. The zero-order valence-corrected chi connectivity index (χ0v) is 11.6. The van der Waals surface area contributed by atoms with Crippen molar-refractivity contribution in [3.05, 3.63) is 28.8 Å². The first-order valence-corrected chi connectivity index (χ1v) is 6.94. The number of rotatable bonds is 5. The Hall–Kier alpha value is -1.26. The summed E-state index contributed by atoms with van der Waals surface area (Å²) in [5, 5.41) is 10.3. The lowest BCUT2D eigenvalue weighted by Gasteiger charge is -2.27. The molecule has 0 aromatic heterocycles. The van der Waals surface area contributed by atoms with Gasteiger partial charge in [0.25, 0.3) is 0 Å². The molecule has 1 amide bonds. The van der Waals surface area contributed by atoms with Gasteiger partial charge in [-0.15, -0.1) is 0 Å². The molecule has 5 heteroatoms. The number of halogens is 1. The van der Waals surface area contributed by atoms with Crippen LogP contribution in [0.5, 0.6) is 5.75 Å². The van der Waals surface area contributed by atoms with Crippen molar-refractivity contribution in [2.75, 3.05) is 6.54 Å². The summed E-state index contributed by atoms with van der Waals surface area (Å²) in [5.74, 6) is -0.245. The smallest absolute Gasteiger partial charge is 0.231 e. The number of phenolic OH excluding ortho intramolecular Hbond substituents is 1. The Morgan fingerprint density at radius 1 is 1.42 bits per heavy atom.